The minimum absolute atomic E-state index is 0.0156. The number of amides is 1. The summed E-state index contributed by atoms with van der Waals surface area (Å²) in [5, 5.41) is 3.94. The summed E-state index contributed by atoms with van der Waals surface area (Å²) in [7, 11) is 1.27. The van der Waals surface area contributed by atoms with Crippen molar-refractivity contribution in [2.75, 3.05) is 7.11 Å². The van der Waals surface area contributed by atoms with Crippen LogP contribution >= 0.6 is 11.6 Å². The van der Waals surface area contributed by atoms with E-state index >= 15 is 0 Å². The molecule has 3 aromatic carbocycles. The average Bonchev–Trinajstić information content (AvgIpc) is 3.28. The van der Waals surface area contributed by atoms with Crippen LogP contribution in [-0.2, 0) is 27.2 Å². The predicted molar refractivity (Wildman–Crippen MR) is 159 cm³/mol. The summed E-state index contributed by atoms with van der Waals surface area (Å²) < 4.78 is 10.9. The first-order valence-electron chi connectivity index (χ1n) is 14.0. The number of hydrogen-bond acceptors (Lipinski definition) is 6. The molecular weight excluding hydrogens is 556 g/mol. The van der Waals surface area contributed by atoms with Gasteiger partial charge in [0, 0.05) is 28.5 Å². The number of esters is 2. The first-order chi connectivity index (χ1) is 20.4. The lowest BCUT2D eigenvalue weighted by molar-refractivity contribution is -0.146. The van der Waals surface area contributed by atoms with Gasteiger partial charge in [0.1, 0.15) is 12.1 Å². The van der Waals surface area contributed by atoms with Crippen molar-refractivity contribution >= 4 is 35.1 Å². The zero-order valence-corrected chi connectivity index (χ0v) is 24.2. The Labute approximate surface area is 250 Å². The second-order valence-corrected chi connectivity index (χ2v) is 10.7. The molecule has 0 radical (unpaired) electrons. The highest BCUT2D eigenvalue weighted by molar-refractivity contribution is 6.31. The fraction of sp³-hybridized carbons (Fsp3) is 0.344. The summed E-state index contributed by atoms with van der Waals surface area (Å²) in [6.07, 6.45) is 6.30. The second-order valence-electron chi connectivity index (χ2n) is 10.2. The molecule has 42 heavy (non-hydrogen) atoms. The third kappa shape index (κ3) is 8.12. The number of nitrogens with zero attached hydrogens (tertiary/aromatic N) is 4. The van der Waals surface area contributed by atoms with E-state index < -0.39 is 17.9 Å². The van der Waals surface area contributed by atoms with Crippen molar-refractivity contribution in [2.45, 2.75) is 63.6 Å². The van der Waals surface area contributed by atoms with Crippen molar-refractivity contribution in [2.24, 2.45) is 5.11 Å². The molecule has 0 aliphatic heterocycles. The van der Waals surface area contributed by atoms with E-state index in [9.17, 15) is 14.4 Å². The van der Waals surface area contributed by atoms with Crippen molar-refractivity contribution in [3.8, 4) is 0 Å². The molecule has 4 rings (SSSR count). The Morgan fingerprint density at radius 3 is 2.31 bits per heavy atom. The van der Waals surface area contributed by atoms with Gasteiger partial charge in [0.25, 0.3) is 5.91 Å². The van der Waals surface area contributed by atoms with Gasteiger partial charge in [-0.2, -0.15) is 0 Å². The molecule has 0 saturated heterocycles. The first kappa shape index (κ1) is 30.6. The van der Waals surface area contributed by atoms with Gasteiger partial charge >= 0.3 is 11.9 Å². The highest BCUT2D eigenvalue weighted by atomic mass is 35.5. The number of azide groups is 1. The van der Waals surface area contributed by atoms with E-state index in [1.165, 1.54) is 30.2 Å². The Balaban J connectivity index is 1.64. The number of rotatable bonds is 10. The number of carbonyl (C=O) groups is 3. The molecule has 0 heterocycles. The zero-order valence-electron chi connectivity index (χ0n) is 23.4. The van der Waals surface area contributed by atoms with E-state index in [1.54, 1.807) is 24.3 Å². The van der Waals surface area contributed by atoms with Crippen LogP contribution in [0.4, 0.5) is 5.69 Å². The van der Waals surface area contributed by atoms with Crippen LogP contribution in [0.1, 0.15) is 70.4 Å². The molecule has 1 saturated carbocycles. The summed E-state index contributed by atoms with van der Waals surface area (Å²) in [4.78, 5) is 44.2. The molecule has 0 aromatic heterocycles. The van der Waals surface area contributed by atoms with E-state index in [4.69, 9.17) is 26.6 Å². The summed E-state index contributed by atoms with van der Waals surface area (Å²) in [6, 6.07) is 19.4. The minimum atomic E-state index is -1.00. The quantitative estimate of drug-likeness (QED) is 0.0794. The molecule has 0 unspecified atom stereocenters. The lowest BCUT2D eigenvalue weighted by Crippen LogP contribution is -2.46. The predicted octanol–water partition coefficient (Wildman–Crippen LogP) is 7.59. The van der Waals surface area contributed by atoms with E-state index in [2.05, 4.69) is 10.0 Å². The van der Waals surface area contributed by atoms with Gasteiger partial charge in [0.15, 0.2) is 0 Å². The standard InChI is InChI=1S/C32H33ClN4O5/c1-41-32(40)29(19-22-9-5-4-6-10-22)37(30(38)27-18-17-25(33)20-28(27)35-36-34)21-23-13-15-24(16-14-23)31(39)42-26-11-7-2-3-8-12-26/h4-6,9-10,13-18,20,26,29H,2-3,7-8,11-12,19,21H2,1H3/t29-/m1/s1. The molecule has 1 fully saturated rings. The van der Waals surface area contributed by atoms with Crippen molar-refractivity contribution < 1.29 is 23.9 Å². The fourth-order valence-corrected chi connectivity index (χ4v) is 5.28. The Kier molecular flexibility index (Phi) is 11.0. The summed E-state index contributed by atoms with van der Waals surface area (Å²) in [6.45, 7) is 0.0156. The van der Waals surface area contributed by atoms with Crippen LogP contribution in [0, 0.1) is 0 Å². The lowest BCUT2D eigenvalue weighted by Gasteiger charge is -2.31. The van der Waals surface area contributed by atoms with Gasteiger partial charge in [0.05, 0.1) is 18.4 Å². The second kappa shape index (κ2) is 15.1. The molecule has 0 spiro atoms. The third-order valence-electron chi connectivity index (χ3n) is 7.34. The van der Waals surface area contributed by atoms with Crippen molar-refractivity contribution in [3.05, 3.63) is 111 Å². The Morgan fingerprint density at radius 2 is 1.67 bits per heavy atom. The number of benzene rings is 3. The maximum atomic E-state index is 14.1. The highest BCUT2D eigenvalue weighted by Crippen LogP contribution is 2.28. The van der Waals surface area contributed by atoms with Gasteiger partial charge in [-0.15, -0.1) is 0 Å². The number of halogens is 1. The Bertz CT molecular complexity index is 1430. The van der Waals surface area contributed by atoms with Crippen LogP contribution in [0.15, 0.2) is 77.9 Å². The van der Waals surface area contributed by atoms with Gasteiger partial charge in [-0.05, 0) is 72.7 Å². The topological polar surface area (TPSA) is 122 Å². The van der Waals surface area contributed by atoms with Crippen molar-refractivity contribution in [1.82, 2.24) is 4.90 Å². The molecule has 9 nitrogen and oxygen atoms in total. The molecular formula is C32H33ClN4O5. The maximum absolute atomic E-state index is 14.1. The highest BCUT2D eigenvalue weighted by Gasteiger charge is 2.33. The normalized spacial score (nSPS) is 14.1. The first-order valence-corrected chi connectivity index (χ1v) is 14.3. The number of ether oxygens (including phenoxy) is 2. The number of methoxy groups -OCH3 is 1. The molecule has 1 atom stereocenters. The Morgan fingerprint density at radius 1 is 0.976 bits per heavy atom. The third-order valence-corrected chi connectivity index (χ3v) is 7.58. The minimum Gasteiger partial charge on any atom is -0.467 e. The van der Waals surface area contributed by atoms with Crippen LogP contribution in [0.5, 0.6) is 0 Å². The van der Waals surface area contributed by atoms with Gasteiger partial charge in [-0.25, -0.2) is 9.59 Å². The fourth-order valence-electron chi connectivity index (χ4n) is 5.11. The summed E-state index contributed by atoms with van der Waals surface area (Å²) in [5.41, 5.74) is 11.1. The lowest BCUT2D eigenvalue weighted by atomic mass is 10.0. The van der Waals surface area contributed by atoms with E-state index in [1.807, 2.05) is 30.3 Å². The van der Waals surface area contributed by atoms with Crippen LogP contribution in [0.2, 0.25) is 5.02 Å². The molecule has 10 heteroatoms. The van der Waals surface area contributed by atoms with Gasteiger partial charge < -0.3 is 14.4 Å². The zero-order chi connectivity index (χ0) is 29.9. The number of carbonyl (C=O) groups excluding carboxylic acids is 3. The Hall–Kier alpha value is -4.33. The molecule has 0 N–H and O–H groups in total. The van der Waals surface area contributed by atoms with Gasteiger partial charge in [-0.3, -0.25) is 4.79 Å². The summed E-state index contributed by atoms with van der Waals surface area (Å²) >= 11 is 6.10. The van der Waals surface area contributed by atoms with Gasteiger partial charge in [-0.1, -0.05) is 72.0 Å². The summed E-state index contributed by atoms with van der Waals surface area (Å²) in [5.74, 6) is -1.52. The van der Waals surface area contributed by atoms with Crippen LogP contribution < -0.4 is 0 Å². The smallest absolute Gasteiger partial charge is 0.338 e. The molecule has 3 aromatic rings. The largest absolute Gasteiger partial charge is 0.467 e. The average molecular weight is 589 g/mol. The van der Waals surface area contributed by atoms with Crippen LogP contribution in [0.3, 0.4) is 0 Å². The van der Waals surface area contributed by atoms with Crippen molar-refractivity contribution in [1.29, 1.82) is 0 Å². The SMILES string of the molecule is COC(=O)[C@@H](Cc1ccccc1)N(Cc1ccc(C(=O)OC2CCCCCC2)cc1)C(=O)c1ccc(Cl)cc1N=[N+]=[N-]. The van der Waals surface area contributed by atoms with Gasteiger partial charge in [0.2, 0.25) is 0 Å². The maximum Gasteiger partial charge on any atom is 0.338 e. The van der Waals surface area contributed by atoms with E-state index in [0.717, 1.165) is 44.1 Å². The molecule has 0 bridgehead atoms. The van der Waals surface area contributed by atoms with Crippen LogP contribution in [0.25, 0.3) is 10.4 Å². The molecule has 1 aliphatic carbocycles. The molecule has 1 amide bonds. The van der Waals surface area contributed by atoms with E-state index in [0.29, 0.717) is 16.1 Å². The number of hydrogen-bond donors (Lipinski definition) is 0. The molecule has 1 aliphatic rings. The van der Waals surface area contributed by atoms with E-state index in [-0.39, 0.29) is 36.3 Å². The van der Waals surface area contributed by atoms with Crippen molar-refractivity contribution in [3.63, 3.8) is 0 Å². The monoisotopic (exact) mass is 588 g/mol. The molecule has 218 valence electrons. The van der Waals surface area contributed by atoms with Crippen LogP contribution in [-0.4, -0.2) is 42.0 Å².